The van der Waals surface area contributed by atoms with Crippen molar-refractivity contribution in [2.75, 3.05) is 13.2 Å². The fourth-order valence-electron chi connectivity index (χ4n) is 4.48. The molecule has 2 rings (SSSR count). The summed E-state index contributed by atoms with van der Waals surface area (Å²) in [6, 6.07) is 0. The second kappa shape index (κ2) is 18.8. The van der Waals surface area contributed by atoms with Crippen LogP contribution in [0.5, 0.6) is 0 Å². The Morgan fingerprint density at radius 1 is 0.689 bits per heavy atom. The molecule has 0 unspecified atom stereocenters. The van der Waals surface area contributed by atoms with E-state index in [1.807, 2.05) is 63.3 Å². The number of carbonyl (C=O) groups excluding carboxylic acids is 2. The summed E-state index contributed by atoms with van der Waals surface area (Å²) >= 11 is 0. The first-order valence-electron chi connectivity index (χ1n) is 14.9. The average molecular weight is 633 g/mol. The summed E-state index contributed by atoms with van der Waals surface area (Å²) in [6.07, 6.45) is 8.85. The first kappa shape index (κ1) is 38.2. The molecule has 0 aromatic carbocycles. The van der Waals surface area contributed by atoms with Crippen LogP contribution in [0.3, 0.4) is 0 Å². The monoisotopic (exact) mass is 632 g/mol. The van der Waals surface area contributed by atoms with Crippen LogP contribution in [-0.2, 0) is 28.5 Å². The molecule has 2 heterocycles. The molecule has 5 N–H and O–H groups in total. The van der Waals surface area contributed by atoms with Crippen LogP contribution in [0.2, 0.25) is 0 Å². The highest BCUT2D eigenvalue weighted by Gasteiger charge is 2.46. The molecule has 11 heteroatoms. The number of aliphatic hydroxyl groups excluding tert-OH is 5. The lowest BCUT2D eigenvalue weighted by Gasteiger charge is -2.43. The summed E-state index contributed by atoms with van der Waals surface area (Å²) in [5.41, 5.74) is 2.89. The minimum atomic E-state index is -1.58. The molecule has 2 saturated heterocycles. The summed E-state index contributed by atoms with van der Waals surface area (Å²) in [5, 5.41) is 50.3. The lowest BCUT2D eigenvalue weighted by molar-refractivity contribution is -0.318. The van der Waals surface area contributed by atoms with E-state index >= 15 is 0 Å². The predicted molar refractivity (Wildman–Crippen MR) is 167 cm³/mol. The summed E-state index contributed by atoms with van der Waals surface area (Å²) in [6.45, 7) is 10.1. The van der Waals surface area contributed by atoms with Gasteiger partial charge in [-0.25, -0.2) is 4.79 Å². The van der Waals surface area contributed by atoms with Gasteiger partial charge in [0.05, 0.1) is 19.3 Å². The first-order chi connectivity index (χ1) is 21.3. The number of carbonyl (C=O) groups is 2. The third-order valence-corrected chi connectivity index (χ3v) is 7.80. The van der Waals surface area contributed by atoms with Crippen LogP contribution in [-0.4, -0.2) is 100 Å². The Morgan fingerprint density at radius 3 is 1.82 bits per heavy atom. The van der Waals surface area contributed by atoms with Crippen LogP contribution in [0.4, 0.5) is 0 Å². The highest BCUT2D eigenvalue weighted by atomic mass is 16.7. The van der Waals surface area contributed by atoms with E-state index in [4.69, 9.17) is 18.9 Å². The normalized spacial score (nSPS) is 34.2. The fourth-order valence-corrected chi connectivity index (χ4v) is 4.48. The van der Waals surface area contributed by atoms with Gasteiger partial charge in [-0.2, -0.15) is 0 Å². The molecule has 2 aliphatic heterocycles. The second-order valence-corrected chi connectivity index (χ2v) is 11.5. The molecule has 0 aromatic heterocycles. The van der Waals surface area contributed by atoms with Crippen molar-refractivity contribution < 1.29 is 54.1 Å². The number of allylic oxidation sites excluding steroid dienone is 13. The van der Waals surface area contributed by atoms with Crippen LogP contribution in [0.1, 0.15) is 41.5 Å². The zero-order chi connectivity index (χ0) is 33.7. The van der Waals surface area contributed by atoms with Gasteiger partial charge in [-0.05, 0) is 45.1 Å². The van der Waals surface area contributed by atoms with Gasteiger partial charge in [-0.15, -0.1) is 0 Å². The lowest BCUT2D eigenvalue weighted by Crippen LogP contribution is -2.60. The smallest absolute Gasteiger partial charge is 0.336 e. The number of hydrogen-bond acceptors (Lipinski definition) is 11. The topological polar surface area (TPSA) is 172 Å². The average Bonchev–Trinajstić information content (AvgIpc) is 3.02. The molecule has 250 valence electrons. The van der Waals surface area contributed by atoms with E-state index in [1.54, 1.807) is 39.0 Å². The molecule has 10 atom stereocenters. The SMILES string of the molecule is C\C(C=O)=C/C=C/C(C)=C/C=C/C=C(C)/C=C/C=C(\C)C(=O)O[C@@H]1O[C@H](CO[C@@H]2O[C@H](CO)[C@@H](O)[C@H](O)[C@H]2O)[C@@H](C)[C@H](C)[C@H]1O. The van der Waals surface area contributed by atoms with Gasteiger partial charge in [0.15, 0.2) is 6.29 Å². The third kappa shape index (κ3) is 11.7. The maximum Gasteiger partial charge on any atom is 0.336 e. The van der Waals surface area contributed by atoms with Crippen molar-refractivity contribution in [2.24, 2.45) is 11.8 Å². The van der Waals surface area contributed by atoms with Crippen LogP contribution < -0.4 is 0 Å². The zero-order valence-corrected chi connectivity index (χ0v) is 26.7. The second-order valence-electron chi connectivity index (χ2n) is 11.5. The molecular formula is C34H48O11. The van der Waals surface area contributed by atoms with Crippen molar-refractivity contribution >= 4 is 12.3 Å². The standard InChI is InChI=1S/C34H48O11/c1-20(13-9-15-22(3)17-35)11-7-8-12-21(2)14-10-16-23(4)32(41)45-34-28(37)25(6)24(5)27(44-34)19-42-33-31(40)30(39)29(38)26(18-36)43-33/h7-17,24-31,33-34,36-40H,18-19H2,1-6H3/b8-7+,13-9+,14-10+,20-11+,21-12+,22-15+,23-16+/t24-,25-,26+,27+,28+,29+,30-,31+,33+,34-/m0/s1. The molecule has 0 aliphatic carbocycles. The van der Waals surface area contributed by atoms with Crippen LogP contribution in [0, 0.1) is 11.8 Å². The van der Waals surface area contributed by atoms with Gasteiger partial charge >= 0.3 is 5.97 Å². The molecule has 0 aromatic rings. The predicted octanol–water partition coefficient (Wildman–Crippen LogP) is 2.36. The van der Waals surface area contributed by atoms with E-state index in [1.165, 1.54) is 0 Å². The Labute approximate surface area is 265 Å². The fraction of sp³-hybridized carbons (Fsp3) is 0.529. The summed E-state index contributed by atoms with van der Waals surface area (Å²) in [4.78, 5) is 23.4. The third-order valence-electron chi connectivity index (χ3n) is 7.80. The number of esters is 1. The Morgan fingerprint density at radius 2 is 1.24 bits per heavy atom. The minimum absolute atomic E-state index is 0.142. The van der Waals surface area contributed by atoms with E-state index in [0.29, 0.717) is 5.57 Å². The maximum atomic E-state index is 12.8. The molecule has 0 radical (unpaired) electrons. The van der Waals surface area contributed by atoms with Gasteiger partial charge in [0, 0.05) is 5.57 Å². The quantitative estimate of drug-likeness (QED) is 0.0874. The van der Waals surface area contributed by atoms with Gasteiger partial charge in [-0.3, -0.25) is 4.79 Å². The van der Waals surface area contributed by atoms with E-state index in [2.05, 4.69) is 0 Å². The number of hydrogen-bond donors (Lipinski definition) is 5. The van der Waals surface area contributed by atoms with Crippen molar-refractivity contribution in [3.05, 3.63) is 83.1 Å². The van der Waals surface area contributed by atoms with Gasteiger partial charge in [0.2, 0.25) is 6.29 Å². The molecule has 2 aliphatic rings. The van der Waals surface area contributed by atoms with Gasteiger partial charge in [-0.1, -0.05) is 85.8 Å². The maximum absolute atomic E-state index is 12.8. The summed E-state index contributed by atoms with van der Waals surface area (Å²) in [7, 11) is 0. The van der Waals surface area contributed by atoms with Crippen molar-refractivity contribution in [3.63, 3.8) is 0 Å². The number of aliphatic hydroxyl groups is 5. The molecule has 45 heavy (non-hydrogen) atoms. The molecule has 0 amide bonds. The highest BCUT2D eigenvalue weighted by Crippen LogP contribution is 2.33. The molecule has 0 spiro atoms. The molecule has 2 fully saturated rings. The molecule has 0 bridgehead atoms. The zero-order valence-electron chi connectivity index (χ0n) is 26.7. The van der Waals surface area contributed by atoms with Crippen molar-refractivity contribution in [1.82, 2.24) is 0 Å². The van der Waals surface area contributed by atoms with Crippen LogP contribution in [0.15, 0.2) is 83.1 Å². The van der Waals surface area contributed by atoms with Crippen molar-refractivity contribution in [1.29, 1.82) is 0 Å². The van der Waals surface area contributed by atoms with E-state index in [-0.39, 0.29) is 24.0 Å². The first-order valence-corrected chi connectivity index (χ1v) is 14.9. The van der Waals surface area contributed by atoms with Gasteiger partial charge < -0.3 is 44.5 Å². The van der Waals surface area contributed by atoms with E-state index in [0.717, 1.165) is 17.4 Å². The number of ether oxygens (including phenoxy) is 4. The number of aldehydes is 1. The van der Waals surface area contributed by atoms with Gasteiger partial charge in [0.1, 0.15) is 36.8 Å². The summed E-state index contributed by atoms with van der Waals surface area (Å²) < 4.78 is 22.4. The highest BCUT2D eigenvalue weighted by molar-refractivity contribution is 5.88. The Bertz CT molecular complexity index is 1190. The van der Waals surface area contributed by atoms with Crippen molar-refractivity contribution in [3.8, 4) is 0 Å². The van der Waals surface area contributed by atoms with E-state index in [9.17, 15) is 35.1 Å². The van der Waals surface area contributed by atoms with Crippen LogP contribution >= 0.6 is 0 Å². The summed E-state index contributed by atoms with van der Waals surface area (Å²) in [5.74, 6) is -1.26. The van der Waals surface area contributed by atoms with Crippen molar-refractivity contribution in [2.45, 2.75) is 90.7 Å². The minimum Gasteiger partial charge on any atom is -0.429 e. The molecule has 0 saturated carbocycles. The Balaban J connectivity index is 1.95. The Hall–Kier alpha value is -3.00. The van der Waals surface area contributed by atoms with Crippen LogP contribution in [0.25, 0.3) is 0 Å². The van der Waals surface area contributed by atoms with Gasteiger partial charge in [0.25, 0.3) is 0 Å². The lowest BCUT2D eigenvalue weighted by atomic mass is 9.84. The number of rotatable bonds is 13. The van der Waals surface area contributed by atoms with E-state index < -0.39 is 61.8 Å². The molecular weight excluding hydrogens is 584 g/mol. The Kier molecular flexibility index (Phi) is 16.0. The largest absolute Gasteiger partial charge is 0.429 e. The molecule has 11 nitrogen and oxygen atoms in total.